The average Bonchev–Trinajstić information content (AvgIpc) is 2.98. The number of fused-ring (bicyclic) bond motifs is 1. The van der Waals surface area contributed by atoms with Crippen molar-refractivity contribution in [1.82, 2.24) is 10.3 Å². The van der Waals surface area contributed by atoms with Crippen molar-refractivity contribution < 1.29 is 9.47 Å². The quantitative estimate of drug-likeness (QED) is 0.896. The zero-order chi connectivity index (χ0) is 16.4. The van der Waals surface area contributed by atoms with Crippen LogP contribution in [0, 0.1) is 11.3 Å². The van der Waals surface area contributed by atoms with Crippen LogP contribution in [0.4, 0.5) is 5.82 Å². The predicted octanol–water partition coefficient (Wildman–Crippen LogP) is 1.94. The molecule has 1 atom stereocenters. The van der Waals surface area contributed by atoms with Crippen molar-refractivity contribution >= 4 is 5.82 Å². The number of anilines is 1. The van der Waals surface area contributed by atoms with E-state index in [4.69, 9.17) is 15.2 Å². The van der Waals surface area contributed by atoms with Crippen LogP contribution in [0.3, 0.4) is 0 Å². The molecular formula is C17H18N4O2. The fraction of sp³-hybridized carbons (Fsp3) is 0.294. The lowest BCUT2D eigenvalue weighted by Crippen LogP contribution is -2.16. The minimum atomic E-state index is -0.00837. The third kappa shape index (κ3) is 2.67. The summed E-state index contributed by atoms with van der Waals surface area (Å²) in [5.41, 5.74) is 9.28. The van der Waals surface area contributed by atoms with Crippen LogP contribution in [-0.4, -0.2) is 19.2 Å². The van der Waals surface area contributed by atoms with Gasteiger partial charge >= 0.3 is 0 Å². The van der Waals surface area contributed by atoms with Crippen LogP contribution in [0.15, 0.2) is 24.4 Å². The topological polar surface area (TPSA) is 93.2 Å². The third-order valence-electron chi connectivity index (χ3n) is 4.14. The number of hydrogen-bond donors (Lipinski definition) is 2. The van der Waals surface area contributed by atoms with Crippen molar-refractivity contribution in [3.05, 3.63) is 46.6 Å². The lowest BCUT2D eigenvalue weighted by molar-refractivity contribution is 0.396. The maximum Gasteiger partial charge on any atom is 0.141 e. The summed E-state index contributed by atoms with van der Waals surface area (Å²) in [5.74, 6) is 1.84. The number of nitrogens with zero attached hydrogens (tertiary/aromatic N) is 2. The van der Waals surface area contributed by atoms with Gasteiger partial charge < -0.3 is 20.5 Å². The molecule has 0 fully saturated rings. The average molecular weight is 310 g/mol. The van der Waals surface area contributed by atoms with Gasteiger partial charge in [0.1, 0.15) is 23.4 Å². The first-order valence-electron chi connectivity index (χ1n) is 7.29. The van der Waals surface area contributed by atoms with E-state index in [0.29, 0.717) is 18.5 Å². The first-order valence-corrected chi connectivity index (χ1v) is 7.29. The van der Waals surface area contributed by atoms with Crippen molar-refractivity contribution in [3.63, 3.8) is 0 Å². The summed E-state index contributed by atoms with van der Waals surface area (Å²) < 4.78 is 10.7. The molecule has 1 aromatic heterocycles. The van der Waals surface area contributed by atoms with Crippen LogP contribution in [0.25, 0.3) is 0 Å². The van der Waals surface area contributed by atoms with E-state index in [1.807, 2.05) is 18.2 Å². The number of rotatable bonds is 4. The Labute approximate surface area is 134 Å². The maximum absolute atomic E-state index is 9.41. The molecule has 0 spiro atoms. The Balaban J connectivity index is 1.99. The van der Waals surface area contributed by atoms with Crippen molar-refractivity contribution in [2.45, 2.75) is 19.0 Å². The molecule has 0 saturated heterocycles. The first kappa shape index (κ1) is 15.1. The van der Waals surface area contributed by atoms with E-state index in [0.717, 1.165) is 28.2 Å². The third-order valence-corrected chi connectivity index (χ3v) is 4.14. The van der Waals surface area contributed by atoms with E-state index in [1.165, 1.54) is 0 Å². The molecule has 0 aliphatic carbocycles. The first-order chi connectivity index (χ1) is 11.2. The smallest absolute Gasteiger partial charge is 0.141 e. The standard InChI is InChI=1S/C17H18N4O2/c1-22-12-3-4-15(23-2)10(5-12)6-14-16-11(8-20-14)9-21-17(19)13(16)7-18/h3-5,9,14,20H,6,8H2,1-2H3,(H2,19,21). The second-order valence-corrected chi connectivity index (χ2v) is 5.38. The van der Waals surface area contributed by atoms with Crippen LogP contribution in [0.2, 0.25) is 0 Å². The molecule has 1 unspecified atom stereocenters. The van der Waals surface area contributed by atoms with Gasteiger partial charge in [0.25, 0.3) is 0 Å². The van der Waals surface area contributed by atoms with E-state index in [-0.39, 0.29) is 11.9 Å². The van der Waals surface area contributed by atoms with Gasteiger partial charge in [-0.2, -0.15) is 5.26 Å². The lowest BCUT2D eigenvalue weighted by atomic mass is 9.95. The SMILES string of the molecule is COc1ccc(OC)c(CC2NCc3cnc(N)c(C#N)c32)c1. The highest BCUT2D eigenvalue weighted by Gasteiger charge is 2.28. The number of methoxy groups -OCH3 is 2. The molecule has 0 bridgehead atoms. The molecule has 2 heterocycles. The molecule has 6 nitrogen and oxygen atoms in total. The summed E-state index contributed by atoms with van der Waals surface area (Å²) in [4.78, 5) is 4.09. The Morgan fingerprint density at radius 3 is 2.91 bits per heavy atom. The number of ether oxygens (including phenoxy) is 2. The van der Waals surface area contributed by atoms with Gasteiger partial charge in [-0.05, 0) is 41.3 Å². The van der Waals surface area contributed by atoms with Crippen molar-refractivity contribution in [2.24, 2.45) is 0 Å². The second kappa shape index (κ2) is 6.15. The molecule has 6 heteroatoms. The van der Waals surface area contributed by atoms with E-state index < -0.39 is 0 Å². The van der Waals surface area contributed by atoms with Crippen LogP contribution < -0.4 is 20.5 Å². The number of nitrogens with one attached hydrogen (secondary N) is 1. The zero-order valence-corrected chi connectivity index (χ0v) is 13.1. The summed E-state index contributed by atoms with van der Waals surface area (Å²) >= 11 is 0. The largest absolute Gasteiger partial charge is 0.497 e. The minimum Gasteiger partial charge on any atom is -0.497 e. The molecule has 3 rings (SSSR count). The molecular weight excluding hydrogens is 292 g/mol. The second-order valence-electron chi connectivity index (χ2n) is 5.38. The van der Waals surface area contributed by atoms with Crippen LogP contribution >= 0.6 is 0 Å². The molecule has 1 aliphatic rings. The summed E-state index contributed by atoms with van der Waals surface area (Å²) in [7, 11) is 3.28. The Hall–Kier alpha value is -2.78. The van der Waals surface area contributed by atoms with Gasteiger partial charge in [-0.25, -0.2) is 4.98 Å². The summed E-state index contributed by atoms with van der Waals surface area (Å²) in [6.45, 7) is 0.675. The molecule has 0 saturated carbocycles. The zero-order valence-electron chi connectivity index (χ0n) is 13.1. The highest BCUT2D eigenvalue weighted by atomic mass is 16.5. The Kier molecular flexibility index (Phi) is 4.04. The molecule has 118 valence electrons. The predicted molar refractivity (Wildman–Crippen MR) is 86.2 cm³/mol. The van der Waals surface area contributed by atoms with E-state index in [9.17, 15) is 5.26 Å². The Morgan fingerprint density at radius 2 is 2.22 bits per heavy atom. The highest BCUT2D eigenvalue weighted by molar-refractivity contribution is 5.58. The highest BCUT2D eigenvalue weighted by Crippen LogP contribution is 2.35. The minimum absolute atomic E-state index is 0.00837. The summed E-state index contributed by atoms with van der Waals surface area (Å²) in [5, 5.41) is 12.8. The van der Waals surface area contributed by atoms with Gasteiger partial charge in [-0.1, -0.05) is 0 Å². The molecule has 1 aliphatic heterocycles. The van der Waals surface area contributed by atoms with Crippen LogP contribution in [-0.2, 0) is 13.0 Å². The molecule has 2 aromatic rings. The number of hydrogen-bond acceptors (Lipinski definition) is 6. The van der Waals surface area contributed by atoms with E-state index >= 15 is 0 Å². The molecule has 0 radical (unpaired) electrons. The maximum atomic E-state index is 9.41. The van der Waals surface area contributed by atoms with Crippen molar-refractivity contribution in [2.75, 3.05) is 20.0 Å². The van der Waals surface area contributed by atoms with Gasteiger partial charge in [0.15, 0.2) is 0 Å². The van der Waals surface area contributed by atoms with E-state index in [1.54, 1.807) is 20.4 Å². The van der Waals surface area contributed by atoms with Gasteiger partial charge in [0.05, 0.1) is 19.8 Å². The van der Waals surface area contributed by atoms with Gasteiger partial charge in [0.2, 0.25) is 0 Å². The van der Waals surface area contributed by atoms with Crippen LogP contribution in [0.5, 0.6) is 11.5 Å². The number of nitrogen functional groups attached to an aromatic ring is 1. The molecule has 0 amide bonds. The number of benzene rings is 1. The number of aromatic nitrogens is 1. The molecule has 1 aromatic carbocycles. The van der Waals surface area contributed by atoms with Crippen molar-refractivity contribution in [1.29, 1.82) is 5.26 Å². The fourth-order valence-corrected chi connectivity index (χ4v) is 3.01. The van der Waals surface area contributed by atoms with Crippen molar-refractivity contribution in [3.8, 4) is 17.6 Å². The normalized spacial score (nSPS) is 15.8. The number of pyridine rings is 1. The molecule has 23 heavy (non-hydrogen) atoms. The van der Waals surface area contributed by atoms with Gasteiger partial charge in [-0.15, -0.1) is 0 Å². The lowest BCUT2D eigenvalue weighted by Gasteiger charge is -2.17. The number of nitriles is 1. The Bertz CT molecular complexity index is 783. The van der Waals surface area contributed by atoms with Crippen LogP contribution in [0.1, 0.15) is 28.3 Å². The van der Waals surface area contributed by atoms with Gasteiger partial charge in [-0.3, -0.25) is 0 Å². The molecule has 3 N–H and O–H groups in total. The Morgan fingerprint density at radius 1 is 1.39 bits per heavy atom. The van der Waals surface area contributed by atoms with Gasteiger partial charge in [0, 0.05) is 18.8 Å². The number of nitrogens with two attached hydrogens (primary N) is 1. The summed E-state index contributed by atoms with van der Waals surface area (Å²) in [6.07, 6.45) is 2.41. The summed E-state index contributed by atoms with van der Waals surface area (Å²) in [6, 6.07) is 7.87. The monoisotopic (exact) mass is 310 g/mol. The van der Waals surface area contributed by atoms with E-state index in [2.05, 4.69) is 16.4 Å². The fourth-order valence-electron chi connectivity index (χ4n) is 3.01.